The number of morpholine rings is 1. The Morgan fingerprint density at radius 3 is 2.62 bits per heavy atom. The lowest BCUT2D eigenvalue weighted by Crippen LogP contribution is -2.60. The lowest BCUT2D eigenvalue weighted by Gasteiger charge is -2.49. The number of ether oxygens (including phenoxy) is 1. The summed E-state index contributed by atoms with van der Waals surface area (Å²) in [7, 11) is 0. The third kappa shape index (κ3) is 3.80. The Hall–Kier alpha value is -0.120. The maximum atomic E-state index is 6.09. The third-order valence-corrected chi connectivity index (χ3v) is 5.84. The van der Waals surface area contributed by atoms with Crippen molar-refractivity contribution in [2.45, 2.75) is 95.4 Å². The average Bonchev–Trinajstić information content (AvgIpc) is 2.77. The lowest BCUT2D eigenvalue weighted by atomic mass is 9.87. The molecular weight excluding hydrogens is 260 g/mol. The summed E-state index contributed by atoms with van der Waals surface area (Å²) in [4.78, 5) is 2.87. The fourth-order valence-corrected chi connectivity index (χ4v) is 4.79. The van der Waals surface area contributed by atoms with Gasteiger partial charge in [-0.1, -0.05) is 39.0 Å². The molecule has 0 aromatic heterocycles. The van der Waals surface area contributed by atoms with Gasteiger partial charge in [-0.3, -0.25) is 4.90 Å². The molecule has 0 amide bonds. The van der Waals surface area contributed by atoms with Gasteiger partial charge < -0.3 is 10.1 Å². The van der Waals surface area contributed by atoms with E-state index in [0.29, 0.717) is 18.2 Å². The van der Waals surface area contributed by atoms with Crippen LogP contribution in [0.3, 0.4) is 0 Å². The third-order valence-electron chi connectivity index (χ3n) is 5.84. The highest BCUT2D eigenvalue weighted by Gasteiger charge is 2.40. The van der Waals surface area contributed by atoms with Crippen molar-refractivity contribution in [3.63, 3.8) is 0 Å². The SMILES string of the molecule is CCCNC1CCCCCC1N1CCOC2CCCCC21. The summed E-state index contributed by atoms with van der Waals surface area (Å²) in [5.74, 6) is 0. The first kappa shape index (κ1) is 15.8. The van der Waals surface area contributed by atoms with Gasteiger partial charge in [0.15, 0.2) is 0 Å². The number of rotatable bonds is 4. The van der Waals surface area contributed by atoms with E-state index in [1.165, 1.54) is 70.8 Å². The van der Waals surface area contributed by atoms with E-state index in [2.05, 4.69) is 17.1 Å². The molecule has 0 aromatic carbocycles. The highest BCUT2D eigenvalue weighted by atomic mass is 16.5. The Labute approximate surface area is 130 Å². The van der Waals surface area contributed by atoms with E-state index in [1.807, 2.05) is 0 Å². The Balaban J connectivity index is 1.70. The molecule has 3 nitrogen and oxygen atoms in total. The van der Waals surface area contributed by atoms with Gasteiger partial charge in [0.1, 0.15) is 0 Å². The van der Waals surface area contributed by atoms with Crippen LogP contribution < -0.4 is 5.32 Å². The molecule has 1 saturated heterocycles. The van der Waals surface area contributed by atoms with Gasteiger partial charge in [0.2, 0.25) is 0 Å². The predicted molar refractivity (Wildman–Crippen MR) is 87.7 cm³/mol. The lowest BCUT2D eigenvalue weighted by molar-refractivity contribution is -0.107. The van der Waals surface area contributed by atoms with Crippen molar-refractivity contribution < 1.29 is 4.74 Å². The molecule has 2 aliphatic carbocycles. The van der Waals surface area contributed by atoms with E-state index in [0.717, 1.165) is 19.2 Å². The van der Waals surface area contributed by atoms with Crippen LogP contribution in [0.15, 0.2) is 0 Å². The van der Waals surface area contributed by atoms with Crippen molar-refractivity contribution in [2.75, 3.05) is 19.7 Å². The molecule has 0 bridgehead atoms. The van der Waals surface area contributed by atoms with E-state index in [4.69, 9.17) is 4.74 Å². The summed E-state index contributed by atoms with van der Waals surface area (Å²) in [5.41, 5.74) is 0. The van der Waals surface area contributed by atoms with Crippen molar-refractivity contribution in [1.82, 2.24) is 10.2 Å². The quantitative estimate of drug-likeness (QED) is 0.805. The van der Waals surface area contributed by atoms with Gasteiger partial charge in [-0.2, -0.15) is 0 Å². The van der Waals surface area contributed by atoms with Crippen LogP contribution in [0.2, 0.25) is 0 Å². The fraction of sp³-hybridized carbons (Fsp3) is 1.00. The molecule has 21 heavy (non-hydrogen) atoms. The minimum absolute atomic E-state index is 0.530. The molecule has 3 fully saturated rings. The number of fused-ring (bicyclic) bond motifs is 1. The molecule has 4 atom stereocenters. The molecule has 0 radical (unpaired) electrons. The Bertz CT molecular complexity index is 308. The van der Waals surface area contributed by atoms with E-state index < -0.39 is 0 Å². The molecule has 3 heteroatoms. The van der Waals surface area contributed by atoms with E-state index in [9.17, 15) is 0 Å². The topological polar surface area (TPSA) is 24.5 Å². The second kappa shape index (κ2) is 7.94. The highest BCUT2D eigenvalue weighted by Crippen LogP contribution is 2.33. The maximum Gasteiger partial charge on any atom is 0.0731 e. The fourth-order valence-electron chi connectivity index (χ4n) is 4.79. The smallest absolute Gasteiger partial charge is 0.0731 e. The summed E-state index contributed by atoms with van der Waals surface area (Å²) in [6.45, 7) is 5.58. The van der Waals surface area contributed by atoms with Gasteiger partial charge >= 0.3 is 0 Å². The first-order valence-electron chi connectivity index (χ1n) is 9.51. The van der Waals surface area contributed by atoms with Gasteiger partial charge in [-0.25, -0.2) is 0 Å². The van der Waals surface area contributed by atoms with Gasteiger partial charge in [0.05, 0.1) is 12.7 Å². The number of hydrogen-bond donors (Lipinski definition) is 1. The first-order valence-corrected chi connectivity index (χ1v) is 9.51. The number of nitrogens with one attached hydrogen (secondary N) is 1. The zero-order valence-corrected chi connectivity index (χ0v) is 13.9. The van der Waals surface area contributed by atoms with Crippen molar-refractivity contribution in [2.24, 2.45) is 0 Å². The zero-order valence-electron chi connectivity index (χ0n) is 13.9. The Morgan fingerprint density at radius 1 is 0.952 bits per heavy atom. The van der Waals surface area contributed by atoms with Crippen LogP contribution in [0.5, 0.6) is 0 Å². The zero-order chi connectivity index (χ0) is 14.5. The normalized spacial score (nSPS) is 38.7. The van der Waals surface area contributed by atoms with Gasteiger partial charge in [-0.05, 0) is 38.6 Å². The maximum absolute atomic E-state index is 6.09. The number of hydrogen-bond acceptors (Lipinski definition) is 3. The molecule has 2 saturated carbocycles. The van der Waals surface area contributed by atoms with Crippen molar-refractivity contribution >= 4 is 0 Å². The van der Waals surface area contributed by atoms with Crippen LogP contribution in [0.4, 0.5) is 0 Å². The van der Waals surface area contributed by atoms with Gasteiger partial charge in [-0.15, -0.1) is 0 Å². The van der Waals surface area contributed by atoms with E-state index >= 15 is 0 Å². The molecule has 0 aromatic rings. The Morgan fingerprint density at radius 2 is 1.71 bits per heavy atom. The van der Waals surface area contributed by atoms with Crippen molar-refractivity contribution in [3.8, 4) is 0 Å². The molecule has 1 aliphatic heterocycles. The van der Waals surface area contributed by atoms with Crippen LogP contribution in [0, 0.1) is 0 Å². The van der Waals surface area contributed by atoms with Gasteiger partial charge in [0.25, 0.3) is 0 Å². The summed E-state index contributed by atoms with van der Waals surface area (Å²) in [6.07, 6.45) is 14.2. The van der Waals surface area contributed by atoms with Crippen LogP contribution in [-0.2, 0) is 4.74 Å². The second-order valence-corrected chi connectivity index (χ2v) is 7.26. The predicted octanol–water partition coefficient (Wildman–Crippen LogP) is 3.33. The average molecular weight is 294 g/mol. The monoisotopic (exact) mass is 294 g/mol. The van der Waals surface area contributed by atoms with Crippen molar-refractivity contribution in [1.29, 1.82) is 0 Å². The Kier molecular flexibility index (Phi) is 5.96. The molecule has 1 heterocycles. The molecule has 122 valence electrons. The summed E-state index contributed by atoms with van der Waals surface area (Å²) >= 11 is 0. The van der Waals surface area contributed by atoms with E-state index in [-0.39, 0.29) is 0 Å². The van der Waals surface area contributed by atoms with Crippen LogP contribution in [-0.4, -0.2) is 48.8 Å². The first-order chi connectivity index (χ1) is 10.4. The second-order valence-electron chi connectivity index (χ2n) is 7.26. The highest BCUT2D eigenvalue weighted by molar-refractivity contribution is 4.95. The summed E-state index contributed by atoms with van der Waals surface area (Å²) < 4.78 is 6.09. The van der Waals surface area contributed by atoms with Crippen LogP contribution in [0.1, 0.15) is 71.1 Å². The standard InChI is InChI=1S/C18H34N2O/c1-2-12-19-15-8-4-3-5-9-16(15)20-13-14-21-18-11-7-6-10-17(18)20/h15-19H,2-14H2,1H3. The molecule has 1 N–H and O–H groups in total. The molecule has 3 aliphatic rings. The van der Waals surface area contributed by atoms with Gasteiger partial charge in [0, 0.05) is 24.7 Å². The number of nitrogens with zero attached hydrogens (tertiary/aromatic N) is 1. The minimum Gasteiger partial charge on any atom is -0.375 e. The molecule has 0 spiro atoms. The van der Waals surface area contributed by atoms with Crippen LogP contribution in [0.25, 0.3) is 0 Å². The summed E-state index contributed by atoms with van der Waals surface area (Å²) in [5, 5.41) is 3.87. The molecule has 4 unspecified atom stereocenters. The van der Waals surface area contributed by atoms with Crippen molar-refractivity contribution in [3.05, 3.63) is 0 Å². The van der Waals surface area contributed by atoms with Crippen LogP contribution >= 0.6 is 0 Å². The molecular formula is C18H34N2O. The summed E-state index contributed by atoms with van der Waals surface area (Å²) in [6, 6.07) is 2.18. The van der Waals surface area contributed by atoms with E-state index in [1.54, 1.807) is 0 Å². The largest absolute Gasteiger partial charge is 0.375 e. The molecule has 3 rings (SSSR count). The minimum atomic E-state index is 0.530.